The van der Waals surface area contributed by atoms with Crippen LogP contribution in [-0.4, -0.2) is 84.5 Å². The Balaban J connectivity index is 1.39. The first-order chi connectivity index (χ1) is 21.6. The Labute approximate surface area is 270 Å². The minimum atomic E-state index is -3.40. The summed E-state index contributed by atoms with van der Waals surface area (Å²) >= 11 is 3.54. The van der Waals surface area contributed by atoms with E-state index in [1.54, 1.807) is 49.2 Å². The predicted octanol–water partition coefficient (Wildman–Crippen LogP) is 4.61. The maximum atomic E-state index is 12.7. The topological polar surface area (TPSA) is 149 Å². The average Bonchev–Trinajstić information content (AvgIpc) is 3.48. The van der Waals surface area contributed by atoms with Crippen LogP contribution in [0.5, 0.6) is 5.75 Å². The van der Waals surface area contributed by atoms with Crippen molar-refractivity contribution in [1.29, 1.82) is 0 Å². The lowest BCUT2D eigenvalue weighted by molar-refractivity contribution is 0.122. The zero-order chi connectivity index (χ0) is 31.7. The molecule has 234 valence electrons. The van der Waals surface area contributed by atoms with Gasteiger partial charge >= 0.3 is 0 Å². The molecule has 1 aliphatic heterocycles. The van der Waals surface area contributed by atoms with Gasteiger partial charge in [0, 0.05) is 79.4 Å². The Morgan fingerprint density at radius 1 is 1.04 bits per heavy atom. The van der Waals surface area contributed by atoms with Crippen molar-refractivity contribution < 1.29 is 17.9 Å². The van der Waals surface area contributed by atoms with Crippen LogP contribution in [0.4, 0.5) is 28.8 Å². The van der Waals surface area contributed by atoms with E-state index in [4.69, 9.17) is 14.5 Å². The Kier molecular flexibility index (Phi) is 8.87. The summed E-state index contributed by atoms with van der Waals surface area (Å²) in [5, 5.41) is 11.6. The lowest BCUT2D eigenvalue weighted by atomic mass is 10.0. The number of rotatable bonds is 9. The maximum Gasteiger partial charge on any atom is 0.229 e. The minimum absolute atomic E-state index is 0.305. The van der Waals surface area contributed by atoms with Gasteiger partial charge in [-0.1, -0.05) is 0 Å². The smallest absolute Gasteiger partial charge is 0.229 e. The summed E-state index contributed by atoms with van der Waals surface area (Å²) in [4.78, 5) is 20.4. The highest BCUT2D eigenvalue weighted by Crippen LogP contribution is 2.43. The third-order valence-corrected chi connectivity index (χ3v) is 13.5. The number of nitrogens with one attached hydrogen (secondary N) is 2. The fraction of sp³-hybridized carbons (Fsp3) is 0.276. The van der Waals surface area contributed by atoms with Crippen LogP contribution in [0.1, 0.15) is 0 Å². The van der Waals surface area contributed by atoms with Crippen molar-refractivity contribution in [2.45, 2.75) is 0 Å². The standard InChI is InChI=1S/C29H31BrN9O4PS/c1-38-17-18(15-34-38)19-13-23(25(42-2)14-24(19)39-9-11-43-12-10-39)36-29-33-16-20(30)28(37-29)35-22-6-5-21-26(32-8-7-31-21)27(22)44(3)45(4,40)41/h5-8,13-17H,9-12H2,1-4H3,(H2,33,35,36,37). The molecule has 0 bridgehead atoms. The number of fused-ring (bicyclic) bond motifs is 1. The molecule has 1 atom stereocenters. The third kappa shape index (κ3) is 6.57. The highest BCUT2D eigenvalue weighted by Gasteiger charge is 2.25. The molecule has 16 heteroatoms. The number of methoxy groups -OCH3 is 1. The molecule has 0 spiro atoms. The minimum Gasteiger partial charge on any atom is -0.494 e. The largest absolute Gasteiger partial charge is 0.494 e. The molecule has 0 radical (unpaired) electrons. The molecule has 1 saturated heterocycles. The summed E-state index contributed by atoms with van der Waals surface area (Å²) in [7, 11) is -1.52. The number of aromatic nitrogens is 6. The van der Waals surface area contributed by atoms with Gasteiger partial charge in [0.15, 0.2) is 9.46 Å². The number of hydrogen-bond donors (Lipinski definition) is 2. The molecule has 4 heterocycles. The SMILES string of the molecule is COc1cc(N2CCOCC2)c(-c2cnn(C)c2)cc1Nc1ncc(Br)c(Nc2ccc3nccnc3c2P(C)S(C)(=O)=O)n1. The molecule has 3 aromatic heterocycles. The van der Waals surface area contributed by atoms with Crippen LogP contribution in [0, 0.1) is 0 Å². The second kappa shape index (κ2) is 12.8. The molecule has 2 aromatic carbocycles. The summed E-state index contributed by atoms with van der Waals surface area (Å²) in [6.45, 7) is 4.51. The number of hydrogen-bond acceptors (Lipinski definition) is 12. The van der Waals surface area contributed by atoms with Crippen molar-refractivity contribution in [3.05, 3.63) is 59.7 Å². The van der Waals surface area contributed by atoms with E-state index in [1.165, 1.54) is 6.26 Å². The van der Waals surface area contributed by atoms with Crippen LogP contribution in [0.2, 0.25) is 0 Å². The number of morpholine rings is 1. The van der Waals surface area contributed by atoms with Crippen LogP contribution in [0.3, 0.4) is 0 Å². The average molecular weight is 713 g/mol. The molecular weight excluding hydrogens is 681 g/mol. The summed E-state index contributed by atoms with van der Waals surface area (Å²) in [6.07, 6.45) is 9.80. The van der Waals surface area contributed by atoms with Gasteiger partial charge in [0.1, 0.15) is 11.6 Å². The van der Waals surface area contributed by atoms with Crippen molar-refractivity contribution in [2.75, 3.05) is 61.9 Å². The van der Waals surface area contributed by atoms with E-state index in [0.29, 0.717) is 62.9 Å². The number of nitrogens with zero attached hydrogens (tertiary/aromatic N) is 7. The molecule has 2 N–H and O–H groups in total. The second-order valence-electron chi connectivity index (χ2n) is 10.3. The van der Waals surface area contributed by atoms with Gasteiger partial charge in [-0.25, -0.2) is 13.4 Å². The van der Waals surface area contributed by atoms with Crippen molar-refractivity contribution in [3.63, 3.8) is 0 Å². The van der Waals surface area contributed by atoms with Gasteiger partial charge in [-0.05, 0) is 40.8 Å². The van der Waals surface area contributed by atoms with Gasteiger partial charge in [0.05, 0.1) is 60.5 Å². The summed E-state index contributed by atoms with van der Waals surface area (Å²) < 4.78 is 39.2. The molecule has 1 aliphatic rings. The molecule has 0 amide bonds. The first-order valence-corrected chi connectivity index (χ1v) is 19.0. The van der Waals surface area contributed by atoms with Gasteiger partial charge in [-0.15, -0.1) is 0 Å². The molecule has 5 aromatic rings. The van der Waals surface area contributed by atoms with E-state index in [2.05, 4.69) is 51.5 Å². The van der Waals surface area contributed by atoms with Crippen LogP contribution in [0.25, 0.3) is 22.2 Å². The highest BCUT2D eigenvalue weighted by atomic mass is 79.9. The van der Waals surface area contributed by atoms with E-state index in [1.807, 2.05) is 31.6 Å². The fourth-order valence-electron chi connectivity index (χ4n) is 5.06. The highest BCUT2D eigenvalue weighted by molar-refractivity contribution is 9.10. The van der Waals surface area contributed by atoms with Gasteiger partial charge in [0.2, 0.25) is 5.95 Å². The van der Waals surface area contributed by atoms with Crippen LogP contribution in [-0.2, 0) is 21.2 Å². The number of anilines is 5. The van der Waals surface area contributed by atoms with E-state index in [9.17, 15) is 8.42 Å². The molecule has 45 heavy (non-hydrogen) atoms. The number of benzene rings is 2. The first kappa shape index (κ1) is 31.1. The Morgan fingerprint density at radius 3 is 2.53 bits per heavy atom. The first-order valence-electron chi connectivity index (χ1n) is 13.9. The molecule has 0 aliphatic carbocycles. The Morgan fingerprint density at radius 2 is 1.82 bits per heavy atom. The van der Waals surface area contributed by atoms with Crippen molar-refractivity contribution >= 4 is 77.7 Å². The van der Waals surface area contributed by atoms with E-state index in [0.717, 1.165) is 29.9 Å². The zero-order valence-corrected chi connectivity index (χ0v) is 28.3. The molecular formula is C29H31BrN9O4PS. The molecule has 1 fully saturated rings. The zero-order valence-electron chi connectivity index (χ0n) is 25.0. The quantitative estimate of drug-likeness (QED) is 0.206. The molecule has 0 saturated carbocycles. The maximum absolute atomic E-state index is 12.7. The van der Waals surface area contributed by atoms with Gasteiger partial charge in [-0.3, -0.25) is 14.6 Å². The number of ether oxygens (including phenoxy) is 2. The van der Waals surface area contributed by atoms with E-state index in [-0.39, 0.29) is 0 Å². The fourth-order valence-corrected chi connectivity index (χ4v) is 8.17. The Bertz CT molecular complexity index is 1990. The van der Waals surface area contributed by atoms with Crippen molar-refractivity contribution in [1.82, 2.24) is 29.7 Å². The summed E-state index contributed by atoms with van der Waals surface area (Å²) in [5.74, 6) is 1.36. The van der Waals surface area contributed by atoms with Gasteiger partial charge in [-0.2, -0.15) is 10.1 Å². The van der Waals surface area contributed by atoms with Crippen molar-refractivity contribution in [2.24, 2.45) is 7.05 Å². The van der Waals surface area contributed by atoms with Crippen LogP contribution >= 0.6 is 23.1 Å². The lowest BCUT2D eigenvalue weighted by Crippen LogP contribution is -2.36. The third-order valence-electron chi connectivity index (χ3n) is 7.36. The van der Waals surface area contributed by atoms with Gasteiger partial charge in [0.25, 0.3) is 0 Å². The van der Waals surface area contributed by atoms with Crippen molar-refractivity contribution in [3.8, 4) is 16.9 Å². The van der Waals surface area contributed by atoms with Crippen LogP contribution in [0.15, 0.2) is 59.7 Å². The summed E-state index contributed by atoms with van der Waals surface area (Å²) in [5.41, 5.74) is 5.31. The van der Waals surface area contributed by atoms with Crippen LogP contribution < -0.4 is 25.6 Å². The molecule has 13 nitrogen and oxygen atoms in total. The second-order valence-corrected chi connectivity index (χ2v) is 17.7. The van der Waals surface area contributed by atoms with Gasteiger partial charge < -0.3 is 25.0 Å². The number of aryl methyl sites for hydroxylation is 1. The monoisotopic (exact) mass is 711 g/mol. The number of halogens is 1. The Hall–Kier alpha value is -3.91. The summed E-state index contributed by atoms with van der Waals surface area (Å²) in [6, 6.07) is 7.61. The molecule has 6 rings (SSSR count). The molecule has 1 unspecified atom stereocenters. The normalized spacial score (nSPS) is 14.4. The predicted molar refractivity (Wildman–Crippen MR) is 181 cm³/mol. The van der Waals surface area contributed by atoms with E-state index < -0.39 is 16.6 Å². The van der Waals surface area contributed by atoms with E-state index >= 15 is 0 Å². The lowest BCUT2D eigenvalue weighted by Gasteiger charge is -2.31.